The third-order valence-corrected chi connectivity index (χ3v) is 6.33. The predicted octanol–water partition coefficient (Wildman–Crippen LogP) is 4.71. The molecular weight excluding hydrogens is 433 g/mol. The molecule has 1 amide bonds. The van der Waals surface area contributed by atoms with Gasteiger partial charge in [-0.25, -0.2) is 4.39 Å². The molecule has 0 spiro atoms. The van der Waals surface area contributed by atoms with Crippen LogP contribution in [0.1, 0.15) is 40.7 Å². The van der Waals surface area contributed by atoms with Crippen molar-refractivity contribution in [3.63, 3.8) is 0 Å². The molecule has 0 bridgehead atoms. The molecule has 2 aliphatic heterocycles. The second-order valence-electron chi connectivity index (χ2n) is 7.97. The number of hydrogen-bond donors (Lipinski definition) is 3. The van der Waals surface area contributed by atoms with Crippen molar-refractivity contribution in [1.82, 2.24) is 10.6 Å². The molecule has 1 fully saturated rings. The number of nitrogens with zero attached hydrogens (tertiary/aromatic N) is 1. The molecule has 0 saturated carbocycles. The lowest BCUT2D eigenvalue weighted by atomic mass is 9.97. The zero-order valence-corrected chi connectivity index (χ0v) is 19.6. The quantitative estimate of drug-likeness (QED) is 0.563. The van der Waals surface area contributed by atoms with Gasteiger partial charge in [0.25, 0.3) is 5.91 Å². The molecule has 0 aromatic heterocycles. The fraction of sp³-hybridized carbons (Fsp3) is 0.458. The van der Waals surface area contributed by atoms with E-state index in [0.717, 1.165) is 63.1 Å². The number of anilines is 1. The summed E-state index contributed by atoms with van der Waals surface area (Å²) in [5.41, 5.74) is 3.41. The van der Waals surface area contributed by atoms with Gasteiger partial charge in [0.1, 0.15) is 5.82 Å². The van der Waals surface area contributed by atoms with E-state index in [1.165, 1.54) is 6.07 Å². The number of carbonyl (C=O) groups excluding carboxylic acids is 1. The lowest BCUT2D eigenvalue weighted by Crippen LogP contribution is -2.36. The molecule has 2 aliphatic rings. The van der Waals surface area contributed by atoms with Gasteiger partial charge in [-0.2, -0.15) is 12.6 Å². The molecule has 1 saturated heterocycles. The van der Waals surface area contributed by atoms with Crippen LogP contribution in [-0.2, 0) is 13.0 Å². The minimum atomic E-state index is -0.279. The molecule has 0 aliphatic carbocycles. The zero-order valence-electron chi connectivity index (χ0n) is 18.0. The van der Waals surface area contributed by atoms with Crippen molar-refractivity contribution in [3.8, 4) is 0 Å². The summed E-state index contributed by atoms with van der Waals surface area (Å²) in [6.45, 7) is 4.07. The van der Waals surface area contributed by atoms with E-state index in [2.05, 4.69) is 28.2 Å². The number of benzene rings is 2. The Morgan fingerprint density at radius 3 is 2.77 bits per heavy atom. The van der Waals surface area contributed by atoms with Gasteiger partial charge in [-0.05, 0) is 86.8 Å². The summed E-state index contributed by atoms with van der Waals surface area (Å²) >= 11 is 9.75. The van der Waals surface area contributed by atoms with E-state index in [1.807, 2.05) is 18.2 Å². The van der Waals surface area contributed by atoms with Crippen LogP contribution in [0.5, 0.6) is 0 Å². The number of fused-ring (bicyclic) bond motifs is 1. The summed E-state index contributed by atoms with van der Waals surface area (Å²) in [7, 11) is 0. The van der Waals surface area contributed by atoms with Crippen LogP contribution in [0.25, 0.3) is 0 Å². The minimum Gasteiger partial charge on any atom is -0.367 e. The lowest BCUT2D eigenvalue weighted by Gasteiger charge is -2.32. The molecule has 2 aromatic rings. The van der Waals surface area contributed by atoms with Crippen LogP contribution < -0.4 is 15.5 Å². The number of thiol groups is 1. The molecule has 2 aromatic carbocycles. The van der Waals surface area contributed by atoms with Gasteiger partial charge in [0.2, 0.25) is 0 Å². The smallest absolute Gasteiger partial charge is 0.251 e. The third-order valence-electron chi connectivity index (χ3n) is 5.98. The molecule has 2 N–H and O–H groups in total. The molecule has 2 heterocycles. The van der Waals surface area contributed by atoms with Crippen LogP contribution >= 0.6 is 24.2 Å². The number of amides is 1. The average molecular weight is 464 g/mol. The van der Waals surface area contributed by atoms with Gasteiger partial charge in [0, 0.05) is 41.5 Å². The predicted molar refractivity (Wildman–Crippen MR) is 130 cm³/mol. The molecule has 0 unspecified atom stereocenters. The van der Waals surface area contributed by atoms with Gasteiger partial charge in [-0.1, -0.05) is 17.7 Å². The van der Waals surface area contributed by atoms with E-state index in [0.29, 0.717) is 28.6 Å². The van der Waals surface area contributed by atoms with E-state index < -0.39 is 0 Å². The van der Waals surface area contributed by atoms with Crippen LogP contribution in [0.2, 0.25) is 5.02 Å². The van der Waals surface area contributed by atoms with Crippen molar-refractivity contribution in [2.75, 3.05) is 37.3 Å². The van der Waals surface area contributed by atoms with Gasteiger partial charge < -0.3 is 15.5 Å². The molecule has 168 valence electrons. The Morgan fingerprint density at radius 1 is 1.26 bits per heavy atom. The Kier molecular flexibility index (Phi) is 9.05. The normalized spacial score (nSPS) is 16.2. The molecule has 4 nitrogen and oxygen atoms in total. The van der Waals surface area contributed by atoms with Gasteiger partial charge >= 0.3 is 0 Å². The second-order valence-corrected chi connectivity index (χ2v) is 8.38. The minimum absolute atomic E-state index is 0.0133. The van der Waals surface area contributed by atoms with Crippen LogP contribution in [0.4, 0.5) is 10.1 Å². The molecule has 7 heteroatoms. The third kappa shape index (κ3) is 6.15. The topological polar surface area (TPSA) is 44.4 Å². The molecule has 0 atom stereocenters. The van der Waals surface area contributed by atoms with Gasteiger partial charge in [-0.15, -0.1) is 0 Å². The lowest BCUT2D eigenvalue weighted by molar-refractivity contribution is 0.0944. The van der Waals surface area contributed by atoms with Crippen molar-refractivity contribution in [2.45, 2.75) is 32.2 Å². The Morgan fingerprint density at radius 2 is 2.03 bits per heavy atom. The molecular formula is C24H31ClFN3OS. The van der Waals surface area contributed by atoms with Crippen molar-refractivity contribution >= 4 is 35.8 Å². The molecule has 0 radical (unpaired) electrons. The fourth-order valence-electron chi connectivity index (χ4n) is 4.28. The van der Waals surface area contributed by atoms with Crippen molar-refractivity contribution < 1.29 is 9.18 Å². The van der Waals surface area contributed by atoms with E-state index in [1.54, 1.807) is 18.4 Å². The molecule has 4 rings (SSSR count). The Hall–Kier alpha value is -1.76. The maximum atomic E-state index is 14.2. The van der Waals surface area contributed by atoms with Crippen LogP contribution in [0, 0.1) is 11.7 Å². The van der Waals surface area contributed by atoms with Gasteiger partial charge in [0.05, 0.1) is 0 Å². The highest BCUT2D eigenvalue weighted by Crippen LogP contribution is 2.31. The van der Waals surface area contributed by atoms with Crippen LogP contribution in [0.15, 0.2) is 36.4 Å². The highest BCUT2D eigenvalue weighted by Gasteiger charge is 2.21. The summed E-state index contributed by atoms with van der Waals surface area (Å²) in [5.74, 6) is 0.262. The standard InChI is InChI=1S/C23H27ClFN3O.CH4S/c24-20-4-1-5-21(25)19(20)15-28-12-2-3-17-13-18(6-7-22(17)28)23(29)27-14-16-8-10-26-11-9-16;1-2/h1,4-7,13,16,26H,2-3,8-12,14-15H2,(H,27,29);2H,1H3. The highest BCUT2D eigenvalue weighted by atomic mass is 35.5. The summed E-state index contributed by atoms with van der Waals surface area (Å²) in [5, 5.41) is 6.89. The first kappa shape index (κ1) is 23.9. The van der Waals surface area contributed by atoms with Crippen molar-refractivity contribution in [2.24, 2.45) is 5.92 Å². The number of rotatable bonds is 5. The van der Waals surface area contributed by atoms with Crippen LogP contribution in [-0.4, -0.2) is 38.3 Å². The summed E-state index contributed by atoms with van der Waals surface area (Å²) in [6.07, 6.45) is 5.81. The largest absolute Gasteiger partial charge is 0.367 e. The number of piperidine rings is 1. The Bertz CT molecular complexity index is 869. The summed E-state index contributed by atoms with van der Waals surface area (Å²) in [4.78, 5) is 14.8. The van der Waals surface area contributed by atoms with Gasteiger partial charge in [-0.3, -0.25) is 4.79 Å². The number of nitrogens with one attached hydrogen (secondary N) is 2. The van der Waals surface area contributed by atoms with Gasteiger partial charge in [0.15, 0.2) is 0 Å². The zero-order chi connectivity index (χ0) is 22.2. The second kappa shape index (κ2) is 11.7. The van der Waals surface area contributed by atoms with E-state index in [4.69, 9.17) is 11.6 Å². The number of hydrogen-bond acceptors (Lipinski definition) is 4. The first-order chi connectivity index (χ1) is 15.1. The molecule has 31 heavy (non-hydrogen) atoms. The first-order valence-corrected chi connectivity index (χ1v) is 12.1. The average Bonchev–Trinajstić information content (AvgIpc) is 2.81. The summed E-state index contributed by atoms with van der Waals surface area (Å²) in [6, 6.07) is 10.6. The maximum absolute atomic E-state index is 14.2. The summed E-state index contributed by atoms with van der Waals surface area (Å²) < 4.78 is 14.2. The Labute approximate surface area is 195 Å². The SMILES string of the molecule is CS.O=C(NCC1CCNCC1)c1ccc2c(c1)CCCN2Cc1c(F)cccc1Cl. The van der Waals surface area contributed by atoms with Crippen molar-refractivity contribution in [1.29, 1.82) is 0 Å². The fourth-order valence-corrected chi connectivity index (χ4v) is 4.50. The number of aryl methyl sites for hydroxylation is 1. The number of halogens is 2. The van der Waals surface area contributed by atoms with E-state index in [-0.39, 0.29) is 11.7 Å². The monoisotopic (exact) mass is 463 g/mol. The number of carbonyl (C=O) groups is 1. The van der Waals surface area contributed by atoms with Crippen LogP contribution in [0.3, 0.4) is 0 Å². The highest BCUT2D eigenvalue weighted by molar-refractivity contribution is 7.79. The van der Waals surface area contributed by atoms with E-state index >= 15 is 0 Å². The Balaban J connectivity index is 0.00000132. The van der Waals surface area contributed by atoms with Crippen molar-refractivity contribution in [3.05, 3.63) is 63.9 Å². The van der Waals surface area contributed by atoms with E-state index in [9.17, 15) is 9.18 Å². The maximum Gasteiger partial charge on any atom is 0.251 e. The first-order valence-electron chi connectivity index (χ1n) is 10.9.